The Morgan fingerprint density at radius 1 is 1.33 bits per heavy atom. The van der Waals surface area contributed by atoms with Crippen molar-refractivity contribution >= 4 is 0 Å². The summed E-state index contributed by atoms with van der Waals surface area (Å²) in [7, 11) is 0. The number of rotatable bonds is 1. The van der Waals surface area contributed by atoms with Crippen LogP contribution in [0.5, 0.6) is 5.75 Å². The van der Waals surface area contributed by atoms with Crippen molar-refractivity contribution in [2.45, 2.75) is 26.7 Å². The van der Waals surface area contributed by atoms with Crippen molar-refractivity contribution in [3.8, 4) is 5.75 Å². The first-order valence-electron chi connectivity index (χ1n) is 4.01. The van der Waals surface area contributed by atoms with E-state index in [-0.39, 0.29) is 5.75 Å². The van der Waals surface area contributed by atoms with Crippen LogP contribution < -0.4 is 0 Å². The van der Waals surface area contributed by atoms with Gasteiger partial charge in [-0.05, 0) is 36.1 Å². The molecule has 0 bridgehead atoms. The molecule has 1 aromatic carbocycles. The largest absolute Gasteiger partial charge is 0.505 e. The zero-order valence-electron chi connectivity index (χ0n) is 7.56. The Kier molecular flexibility index (Phi) is 2.36. The van der Waals surface area contributed by atoms with Crippen LogP contribution in [0.25, 0.3) is 0 Å². The van der Waals surface area contributed by atoms with Gasteiger partial charge in [0.05, 0.1) is 0 Å². The maximum absolute atomic E-state index is 12.9. The van der Waals surface area contributed by atoms with Crippen LogP contribution in [0.2, 0.25) is 0 Å². The fourth-order valence-corrected chi connectivity index (χ4v) is 1.30. The van der Waals surface area contributed by atoms with Gasteiger partial charge in [-0.3, -0.25) is 0 Å². The molecular weight excluding hydrogens is 155 g/mol. The summed E-state index contributed by atoms with van der Waals surface area (Å²) in [4.78, 5) is 0. The van der Waals surface area contributed by atoms with E-state index in [0.717, 1.165) is 11.1 Å². The van der Waals surface area contributed by atoms with E-state index in [1.54, 1.807) is 0 Å². The van der Waals surface area contributed by atoms with E-state index >= 15 is 0 Å². The Balaban J connectivity index is 3.23. The summed E-state index contributed by atoms with van der Waals surface area (Å²) < 4.78 is 12.9. The molecule has 0 spiro atoms. The first kappa shape index (κ1) is 9.04. The topological polar surface area (TPSA) is 20.2 Å². The normalized spacial score (nSPS) is 10.8. The summed E-state index contributed by atoms with van der Waals surface area (Å²) in [6, 6.07) is 2.86. The van der Waals surface area contributed by atoms with E-state index in [1.165, 1.54) is 12.1 Å². The molecule has 0 amide bonds. The molecule has 0 unspecified atom stereocenters. The van der Waals surface area contributed by atoms with Gasteiger partial charge in [-0.2, -0.15) is 0 Å². The Bertz CT molecular complexity index is 292. The number of hydrogen-bond donors (Lipinski definition) is 1. The average Bonchev–Trinajstić information content (AvgIpc) is 1.96. The lowest BCUT2D eigenvalue weighted by atomic mass is 9.98. The van der Waals surface area contributed by atoms with Crippen molar-refractivity contribution in [2.75, 3.05) is 0 Å². The van der Waals surface area contributed by atoms with Crippen molar-refractivity contribution in [1.82, 2.24) is 0 Å². The van der Waals surface area contributed by atoms with Gasteiger partial charge in [0.2, 0.25) is 0 Å². The molecule has 1 N–H and O–H groups in total. The molecule has 0 heterocycles. The predicted molar refractivity (Wildman–Crippen MR) is 46.9 cm³/mol. The van der Waals surface area contributed by atoms with Crippen LogP contribution in [-0.2, 0) is 0 Å². The molecule has 0 atom stereocenters. The van der Waals surface area contributed by atoms with Gasteiger partial charge < -0.3 is 5.11 Å². The lowest BCUT2D eigenvalue weighted by Crippen LogP contribution is -1.93. The van der Waals surface area contributed by atoms with Crippen molar-refractivity contribution < 1.29 is 9.50 Å². The Morgan fingerprint density at radius 3 is 2.42 bits per heavy atom. The van der Waals surface area contributed by atoms with E-state index in [1.807, 2.05) is 20.8 Å². The minimum Gasteiger partial charge on any atom is -0.505 e. The molecule has 0 aliphatic rings. The molecule has 66 valence electrons. The van der Waals surface area contributed by atoms with Crippen LogP contribution in [-0.4, -0.2) is 5.11 Å². The summed E-state index contributed by atoms with van der Waals surface area (Å²) in [6.45, 7) is 5.87. The molecule has 2 heteroatoms. The number of phenolic OH excluding ortho intramolecular Hbond substituents is 1. The molecule has 0 aromatic heterocycles. The smallest absolute Gasteiger partial charge is 0.165 e. The van der Waals surface area contributed by atoms with E-state index in [0.29, 0.717) is 5.92 Å². The highest BCUT2D eigenvalue weighted by Gasteiger charge is 2.08. The number of phenols is 1. The monoisotopic (exact) mass is 168 g/mol. The highest BCUT2D eigenvalue weighted by Crippen LogP contribution is 2.25. The van der Waals surface area contributed by atoms with E-state index in [9.17, 15) is 4.39 Å². The highest BCUT2D eigenvalue weighted by atomic mass is 19.1. The van der Waals surface area contributed by atoms with Crippen molar-refractivity contribution in [2.24, 2.45) is 0 Å². The van der Waals surface area contributed by atoms with Crippen LogP contribution in [0.1, 0.15) is 30.9 Å². The van der Waals surface area contributed by atoms with Gasteiger partial charge in [-0.25, -0.2) is 4.39 Å². The van der Waals surface area contributed by atoms with Gasteiger partial charge >= 0.3 is 0 Å². The third-order valence-electron chi connectivity index (χ3n) is 1.96. The molecule has 1 aromatic rings. The summed E-state index contributed by atoms with van der Waals surface area (Å²) in [5.74, 6) is -0.513. The first-order chi connectivity index (χ1) is 5.52. The van der Waals surface area contributed by atoms with E-state index in [4.69, 9.17) is 5.11 Å². The average molecular weight is 168 g/mol. The zero-order chi connectivity index (χ0) is 9.30. The molecule has 1 nitrogen and oxygen atoms in total. The third-order valence-corrected chi connectivity index (χ3v) is 1.96. The third kappa shape index (κ3) is 1.58. The van der Waals surface area contributed by atoms with Crippen molar-refractivity contribution in [1.29, 1.82) is 0 Å². The Labute approximate surface area is 71.9 Å². The molecule has 12 heavy (non-hydrogen) atoms. The molecule has 1 rings (SSSR count). The molecule has 0 aliphatic carbocycles. The fraction of sp³-hybridized carbons (Fsp3) is 0.400. The highest BCUT2D eigenvalue weighted by molar-refractivity contribution is 5.36. The summed E-state index contributed by atoms with van der Waals surface area (Å²) in [5.41, 5.74) is 1.88. The predicted octanol–water partition coefficient (Wildman–Crippen LogP) is 2.96. The maximum atomic E-state index is 12.9. The lowest BCUT2D eigenvalue weighted by Gasteiger charge is -2.09. The Hall–Kier alpha value is -1.05. The second-order valence-corrected chi connectivity index (χ2v) is 3.31. The quantitative estimate of drug-likeness (QED) is 0.683. The zero-order valence-corrected chi connectivity index (χ0v) is 7.56. The molecule has 0 radical (unpaired) electrons. The maximum Gasteiger partial charge on any atom is 0.165 e. The minimum absolute atomic E-state index is 0.267. The first-order valence-corrected chi connectivity index (χ1v) is 4.01. The fourth-order valence-electron chi connectivity index (χ4n) is 1.30. The standard InChI is InChI=1S/C10H13FO/c1-6(2)8-5-9(11)10(12)4-7(8)3/h4-6,12H,1-3H3. The van der Waals surface area contributed by atoms with E-state index in [2.05, 4.69) is 0 Å². The van der Waals surface area contributed by atoms with Crippen LogP contribution in [0.4, 0.5) is 4.39 Å². The number of aromatic hydroxyl groups is 1. The molecule has 0 saturated carbocycles. The minimum atomic E-state index is -0.538. The summed E-state index contributed by atoms with van der Waals surface area (Å²) in [5, 5.41) is 9.03. The number of hydrogen-bond acceptors (Lipinski definition) is 1. The van der Waals surface area contributed by atoms with E-state index < -0.39 is 5.82 Å². The van der Waals surface area contributed by atoms with Crippen LogP contribution >= 0.6 is 0 Å². The van der Waals surface area contributed by atoms with Crippen molar-refractivity contribution in [3.63, 3.8) is 0 Å². The Morgan fingerprint density at radius 2 is 1.92 bits per heavy atom. The van der Waals surface area contributed by atoms with Gasteiger partial charge in [-0.1, -0.05) is 13.8 Å². The number of aryl methyl sites for hydroxylation is 1. The lowest BCUT2D eigenvalue weighted by molar-refractivity contribution is 0.431. The van der Waals surface area contributed by atoms with Crippen molar-refractivity contribution in [3.05, 3.63) is 29.1 Å². The van der Waals surface area contributed by atoms with Gasteiger partial charge in [0.15, 0.2) is 11.6 Å². The van der Waals surface area contributed by atoms with Gasteiger partial charge in [0.1, 0.15) is 0 Å². The van der Waals surface area contributed by atoms with Crippen LogP contribution in [0, 0.1) is 12.7 Å². The van der Waals surface area contributed by atoms with Gasteiger partial charge in [0.25, 0.3) is 0 Å². The summed E-state index contributed by atoms with van der Waals surface area (Å²) >= 11 is 0. The van der Waals surface area contributed by atoms with Gasteiger partial charge in [-0.15, -0.1) is 0 Å². The second-order valence-electron chi connectivity index (χ2n) is 3.31. The molecular formula is C10H13FO. The summed E-state index contributed by atoms with van der Waals surface area (Å²) in [6.07, 6.45) is 0. The van der Waals surface area contributed by atoms with Crippen LogP contribution in [0.3, 0.4) is 0 Å². The number of benzene rings is 1. The van der Waals surface area contributed by atoms with Gasteiger partial charge in [0, 0.05) is 0 Å². The molecule has 0 saturated heterocycles. The molecule has 0 aliphatic heterocycles. The van der Waals surface area contributed by atoms with Crippen LogP contribution in [0.15, 0.2) is 12.1 Å². The number of halogens is 1. The molecule has 0 fully saturated rings. The second kappa shape index (κ2) is 3.13. The SMILES string of the molecule is Cc1cc(O)c(F)cc1C(C)C.